The maximum atomic E-state index is 13.0. The van der Waals surface area contributed by atoms with Crippen molar-refractivity contribution in [3.05, 3.63) is 24.3 Å². The number of phosphoric ester groups is 2. The lowest BCUT2D eigenvalue weighted by Crippen LogP contribution is -2.30. The number of carbonyl (C=O) groups excluding carboxylic acids is 4. The molecule has 0 aromatic heterocycles. The Kier molecular flexibility index (Phi) is 63.5. The van der Waals surface area contributed by atoms with Gasteiger partial charge in [-0.3, -0.25) is 37.3 Å². The molecule has 0 fully saturated rings. The minimum atomic E-state index is -4.96. The summed E-state index contributed by atoms with van der Waals surface area (Å²) in [7, 11) is -9.92. The molecule has 6 atom stereocenters. The van der Waals surface area contributed by atoms with Gasteiger partial charge in [-0.1, -0.05) is 304 Å². The summed E-state index contributed by atoms with van der Waals surface area (Å²) in [6.07, 6.45) is 53.6. The molecule has 0 heterocycles. The van der Waals surface area contributed by atoms with Crippen molar-refractivity contribution in [3.63, 3.8) is 0 Å². The van der Waals surface area contributed by atoms with Crippen molar-refractivity contribution in [3.8, 4) is 0 Å². The first-order valence-corrected chi connectivity index (χ1v) is 41.2. The van der Waals surface area contributed by atoms with Gasteiger partial charge in [0, 0.05) is 25.7 Å². The van der Waals surface area contributed by atoms with Crippen LogP contribution in [-0.2, 0) is 65.4 Å². The fourth-order valence-corrected chi connectivity index (χ4v) is 12.4. The van der Waals surface area contributed by atoms with Crippen molar-refractivity contribution in [1.82, 2.24) is 0 Å². The Hall–Kier alpha value is -2.46. The molecule has 0 amide bonds. The first-order valence-electron chi connectivity index (χ1n) is 38.2. The Labute approximate surface area is 573 Å². The third kappa shape index (κ3) is 66.8. The van der Waals surface area contributed by atoms with E-state index in [9.17, 15) is 43.2 Å². The van der Waals surface area contributed by atoms with Crippen LogP contribution in [0, 0.1) is 17.8 Å². The van der Waals surface area contributed by atoms with Crippen molar-refractivity contribution < 1.29 is 80.2 Å². The van der Waals surface area contributed by atoms with Crippen LogP contribution in [0.4, 0.5) is 0 Å². The molecule has 0 saturated heterocycles. The van der Waals surface area contributed by atoms with Gasteiger partial charge in [-0.25, -0.2) is 9.13 Å². The SMILES string of the molecule is CCCCCC/C=C\C=C/CCCCCCCC(=O)O[C@H](COC(=O)CCCCCCCCCCC(C)CC)COP(=O)(O)OCC(O)COP(=O)(O)OC[C@@H](COC(=O)CCCCCCCCC(C)C)OC(=O)CCCCCCCCCCCCCCCCCC(C)C. The van der Waals surface area contributed by atoms with Crippen LogP contribution in [0.2, 0.25) is 0 Å². The van der Waals surface area contributed by atoms with Crippen LogP contribution in [-0.4, -0.2) is 96.7 Å². The van der Waals surface area contributed by atoms with Crippen LogP contribution in [0.15, 0.2) is 24.3 Å². The number of ether oxygens (including phenoxy) is 4. The number of hydrogen-bond acceptors (Lipinski definition) is 15. The fourth-order valence-electron chi connectivity index (χ4n) is 10.9. The molecular weight excluding hydrogens is 1230 g/mol. The maximum Gasteiger partial charge on any atom is 0.472 e. The van der Waals surface area contributed by atoms with E-state index < -0.39 is 97.5 Å². The van der Waals surface area contributed by atoms with E-state index in [1.807, 2.05) is 0 Å². The minimum absolute atomic E-state index is 0.0842. The van der Waals surface area contributed by atoms with Gasteiger partial charge in [-0.15, -0.1) is 0 Å². The number of phosphoric acid groups is 2. The van der Waals surface area contributed by atoms with Gasteiger partial charge in [-0.2, -0.15) is 0 Å². The zero-order valence-electron chi connectivity index (χ0n) is 60.9. The average molecular weight is 1380 g/mol. The minimum Gasteiger partial charge on any atom is -0.462 e. The monoisotopic (exact) mass is 1380 g/mol. The smallest absolute Gasteiger partial charge is 0.462 e. The molecule has 0 bridgehead atoms. The highest BCUT2D eigenvalue weighted by molar-refractivity contribution is 7.47. The molecule has 94 heavy (non-hydrogen) atoms. The largest absolute Gasteiger partial charge is 0.472 e. The van der Waals surface area contributed by atoms with E-state index in [2.05, 4.69) is 72.8 Å². The molecule has 0 rings (SSSR count). The number of hydrogen-bond donors (Lipinski definition) is 3. The average Bonchev–Trinajstić information content (AvgIpc) is 1.89. The van der Waals surface area contributed by atoms with Gasteiger partial charge < -0.3 is 33.8 Å². The first kappa shape index (κ1) is 91.5. The van der Waals surface area contributed by atoms with E-state index in [-0.39, 0.29) is 25.7 Å². The summed E-state index contributed by atoms with van der Waals surface area (Å²) in [6, 6.07) is 0. The fraction of sp³-hybridized carbons (Fsp3) is 0.893. The van der Waals surface area contributed by atoms with E-state index in [4.69, 9.17) is 37.0 Å². The van der Waals surface area contributed by atoms with E-state index >= 15 is 0 Å². The predicted octanol–water partition coefficient (Wildman–Crippen LogP) is 21.3. The molecule has 0 aliphatic carbocycles. The Balaban J connectivity index is 5.26. The van der Waals surface area contributed by atoms with Crippen LogP contribution in [0.25, 0.3) is 0 Å². The molecule has 0 aromatic carbocycles. The van der Waals surface area contributed by atoms with E-state index in [1.54, 1.807) is 0 Å². The molecule has 19 heteroatoms. The lowest BCUT2D eigenvalue weighted by Gasteiger charge is -2.21. The van der Waals surface area contributed by atoms with Crippen molar-refractivity contribution in [2.75, 3.05) is 39.6 Å². The van der Waals surface area contributed by atoms with E-state index in [1.165, 1.54) is 148 Å². The van der Waals surface area contributed by atoms with E-state index in [0.29, 0.717) is 31.6 Å². The summed E-state index contributed by atoms with van der Waals surface area (Å²) >= 11 is 0. The number of unbranched alkanes of at least 4 members (excludes halogenated alkanes) is 35. The van der Waals surface area contributed by atoms with E-state index in [0.717, 1.165) is 121 Å². The van der Waals surface area contributed by atoms with Crippen LogP contribution in [0.3, 0.4) is 0 Å². The molecule has 0 saturated carbocycles. The Morgan fingerprint density at radius 3 is 0.947 bits per heavy atom. The lowest BCUT2D eigenvalue weighted by atomic mass is 9.99. The summed E-state index contributed by atoms with van der Waals surface area (Å²) in [5.41, 5.74) is 0. The quantitative estimate of drug-likeness (QED) is 0.0169. The molecule has 0 radical (unpaired) electrons. The second kappa shape index (κ2) is 65.2. The number of allylic oxidation sites excluding steroid dienone is 4. The third-order valence-corrected chi connectivity index (χ3v) is 19.0. The number of aliphatic hydroxyl groups excluding tert-OH is 1. The lowest BCUT2D eigenvalue weighted by molar-refractivity contribution is -0.161. The molecule has 0 aliphatic heterocycles. The van der Waals surface area contributed by atoms with Crippen LogP contribution in [0.5, 0.6) is 0 Å². The summed E-state index contributed by atoms with van der Waals surface area (Å²) < 4.78 is 68.4. The van der Waals surface area contributed by atoms with Crippen molar-refractivity contribution >= 4 is 39.5 Å². The Morgan fingerprint density at radius 2 is 0.628 bits per heavy atom. The molecule has 0 aromatic rings. The van der Waals surface area contributed by atoms with Gasteiger partial charge in [0.2, 0.25) is 0 Å². The van der Waals surface area contributed by atoms with Crippen molar-refractivity contribution in [2.24, 2.45) is 17.8 Å². The topological polar surface area (TPSA) is 237 Å². The third-order valence-electron chi connectivity index (χ3n) is 17.1. The van der Waals surface area contributed by atoms with Gasteiger partial charge in [-0.05, 0) is 69.1 Å². The normalized spacial score (nSPS) is 14.6. The van der Waals surface area contributed by atoms with Crippen LogP contribution < -0.4 is 0 Å². The predicted molar refractivity (Wildman–Crippen MR) is 381 cm³/mol. The van der Waals surface area contributed by atoms with Gasteiger partial charge in [0.1, 0.15) is 19.3 Å². The second-order valence-electron chi connectivity index (χ2n) is 27.5. The molecule has 17 nitrogen and oxygen atoms in total. The highest BCUT2D eigenvalue weighted by atomic mass is 31.2. The zero-order chi connectivity index (χ0) is 69.4. The van der Waals surface area contributed by atoms with Crippen molar-refractivity contribution in [2.45, 2.75) is 375 Å². The molecule has 3 N–H and O–H groups in total. The summed E-state index contributed by atoms with van der Waals surface area (Å²) in [5, 5.41) is 10.6. The zero-order valence-corrected chi connectivity index (χ0v) is 62.7. The molecule has 554 valence electrons. The second-order valence-corrected chi connectivity index (χ2v) is 30.5. The van der Waals surface area contributed by atoms with Crippen molar-refractivity contribution in [1.29, 1.82) is 0 Å². The number of rotatable bonds is 71. The summed E-state index contributed by atoms with van der Waals surface area (Å²) in [5.74, 6) is 0.101. The molecular formula is C75H142O17P2. The maximum absolute atomic E-state index is 13.0. The number of esters is 4. The highest BCUT2D eigenvalue weighted by Crippen LogP contribution is 2.45. The molecule has 4 unspecified atom stereocenters. The van der Waals surface area contributed by atoms with Gasteiger partial charge >= 0.3 is 39.5 Å². The van der Waals surface area contributed by atoms with Crippen LogP contribution >= 0.6 is 15.6 Å². The summed E-state index contributed by atoms with van der Waals surface area (Å²) in [6.45, 7) is 11.8. The van der Waals surface area contributed by atoms with Gasteiger partial charge in [0.15, 0.2) is 12.2 Å². The highest BCUT2D eigenvalue weighted by Gasteiger charge is 2.30. The summed E-state index contributed by atoms with van der Waals surface area (Å²) in [4.78, 5) is 72.7. The number of carbonyl (C=O) groups is 4. The van der Waals surface area contributed by atoms with Gasteiger partial charge in [0.05, 0.1) is 26.4 Å². The molecule has 0 aliphatic rings. The first-order chi connectivity index (χ1) is 45.3. The molecule has 0 spiro atoms. The Morgan fingerprint density at radius 1 is 0.351 bits per heavy atom. The van der Waals surface area contributed by atoms with Gasteiger partial charge in [0.25, 0.3) is 0 Å². The standard InChI is InChI=1S/C75H142O17P2/c1-8-10-11-12-13-14-15-16-18-22-25-28-35-44-51-58-74(79)91-70(62-85-72(77)56-49-42-34-31-30-33-41-48-55-68(7)9-2)64-89-93(81,82)87-60-69(76)61-88-94(83,84)90-65-71(63-86-73(78)57-50-43-38-37-40-47-54-67(5)6)92-75(80)59-52-45-36-29-26-23-20-17-19-21-24-27-32-39-46-53-66(3)4/h14-16,18,66-71,76H,8-13,17,19-65H2,1-7H3,(H,81,82)(H,83,84)/b15-14-,18-16-/t68?,69?,70-,71-/m1/s1. The Bertz CT molecular complexity index is 1930. The van der Waals surface area contributed by atoms with Crippen LogP contribution in [0.1, 0.15) is 357 Å². The number of aliphatic hydroxyl groups is 1.